The summed E-state index contributed by atoms with van der Waals surface area (Å²) >= 11 is 6.27. The van der Waals surface area contributed by atoms with Crippen molar-refractivity contribution in [1.29, 1.82) is 0 Å². The van der Waals surface area contributed by atoms with Crippen LogP contribution in [0.25, 0.3) is 11.9 Å². The Morgan fingerprint density at radius 1 is 1.35 bits per heavy atom. The quantitative estimate of drug-likeness (QED) is 0.327. The molecular weight excluding hydrogens is 492 g/mol. The normalized spacial score (nSPS) is 13.8. The number of aryl methyl sites for hydroxylation is 1. The zero-order chi connectivity index (χ0) is 26.7. The summed E-state index contributed by atoms with van der Waals surface area (Å²) in [6, 6.07) is 1.18. The largest absolute Gasteiger partial charge is 0.351 e. The Morgan fingerprint density at radius 2 is 2.14 bits per heavy atom. The molecule has 37 heavy (non-hydrogen) atoms. The number of nitrogens with one attached hydrogen (secondary N) is 1. The van der Waals surface area contributed by atoms with Crippen molar-refractivity contribution in [1.82, 2.24) is 29.2 Å². The standard InChI is InChI=1S/C26H31ClN8O2/c1-6-34(18(4)25(36)32-37)14-19-15-35(31-16(19)2)24-10-11-28-26(30-24)29-20-8-7-9-23-21(12-20)22(13-27)17(3)33(23)5/h7-8,10-12,15,18H,6,9,13-14H2,1-5H3,(H,28,29,30). The highest BCUT2D eigenvalue weighted by molar-refractivity contribution is 6.17. The lowest BCUT2D eigenvalue weighted by Crippen LogP contribution is -2.37. The van der Waals surface area contributed by atoms with Gasteiger partial charge in [-0.15, -0.1) is 16.5 Å². The van der Waals surface area contributed by atoms with E-state index in [4.69, 9.17) is 11.6 Å². The molecule has 1 unspecified atom stereocenters. The lowest BCUT2D eigenvalue weighted by atomic mass is 10.1. The summed E-state index contributed by atoms with van der Waals surface area (Å²) in [4.78, 5) is 33.4. The van der Waals surface area contributed by atoms with Crippen LogP contribution in [-0.4, -0.2) is 47.7 Å². The first-order valence-electron chi connectivity index (χ1n) is 12.1. The molecule has 10 nitrogen and oxygen atoms in total. The molecular formula is C26H31ClN8O2. The van der Waals surface area contributed by atoms with Gasteiger partial charge in [0.15, 0.2) is 5.82 Å². The van der Waals surface area contributed by atoms with E-state index in [1.807, 2.05) is 31.0 Å². The summed E-state index contributed by atoms with van der Waals surface area (Å²) < 4.78 is 3.88. The number of hydrogen-bond donors (Lipinski definition) is 1. The molecule has 0 aromatic carbocycles. The van der Waals surface area contributed by atoms with E-state index < -0.39 is 11.9 Å². The number of alkyl halides is 1. The van der Waals surface area contributed by atoms with Gasteiger partial charge in [0.1, 0.15) is 0 Å². The van der Waals surface area contributed by atoms with Gasteiger partial charge in [-0.2, -0.15) is 10.1 Å². The molecule has 0 saturated heterocycles. The van der Waals surface area contributed by atoms with Gasteiger partial charge in [-0.05, 0) is 45.0 Å². The Bertz CT molecular complexity index is 1390. The van der Waals surface area contributed by atoms with Gasteiger partial charge in [0.05, 0.1) is 11.7 Å². The van der Waals surface area contributed by atoms with Gasteiger partial charge in [0.2, 0.25) is 5.95 Å². The fourth-order valence-electron chi connectivity index (χ4n) is 4.53. The summed E-state index contributed by atoms with van der Waals surface area (Å²) in [5, 5.41) is 10.5. The van der Waals surface area contributed by atoms with E-state index in [2.05, 4.69) is 56.3 Å². The Labute approximate surface area is 221 Å². The number of nitroso groups, excluding NO2 is 1. The smallest absolute Gasteiger partial charge is 0.303 e. The number of carbonyl (C=O) groups is 1. The predicted octanol–water partition coefficient (Wildman–Crippen LogP) is 4.43. The molecule has 1 amide bonds. The van der Waals surface area contributed by atoms with Crippen LogP contribution in [-0.2, 0) is 30.7 Å². The molecule has 1 aliphatic carbocycles. The van der Waals surface area contributed by atoms with Crippen LogP contribution in [0, 0.1) is 18.8 Å². The third kappa shape index (κ3) is 5.40. The van der Waals surface area contributed by atoms with Crippen molar-refractivity contribution in [3.05, 3.63) is 75.0 Å². The first kappa shape index (κ1) is 26.4. The molecule has 0 spiro atoms. The highest BCUT2D eigenvalue weighted by Crippen LogP contribution is 2.29. The van der Waals surface area contributed by atoms with Crippen LogP contribution in [0.15, 0.2) is 41.5 Å². The van der Waals surface area contributed by atoms with Gasteiger partial charge in [-0.1, -0.05) is 13.0 Å². The molecule has 0 bridgehead atoms. The van der Waals surface area contributed by atoms with Gasteiger partial charge in [-0.25, -0.2) is 9.67 Å². The maximum atomic E-state index is 11.8. The molecule has 0 radical (unpaired) electrons. The number of nitrogens with zero attached hydrogens (tertiary/aromatic N) is 7. The van der Waals surface area contributed by atoms with Crippen molar-refractivity contribution in [2.24, 2.45) is 12.2 Å². The number of halogens is 1. The monoisotopic (exact) mass is 522 g/mol. The Hall–Kier alpha value is -3.63. The van der Waals surface area contributed by atoms with Crippen molar-refractivity contribution in [3.63, 3.8) is 0 Å². The fourth-order valence-corrected chi connectivity index (χ4v) is 4.87. The molecule has 1 atom stereocenters. The highest BCUT2D eigenvalue weighted by atomic mass is 35.5. The van der Waals surface area contributed by atoms with E-state index >= 15 is 0 Å². The number of carbonyl (C=O) groups excluding carboxylic acids is 1. The molecule has 0 saturated carbocycles. The second-order valence-corrected chi connectivity index (χ2v) is 9.31. The Morgan fingerprint density at radius 3 is 2.84 bits per heavy atom. The number of fused-ring (bicyclic) bond motifs is 1. The molecule has 1 N–H and O–H groups in total. The van der Waals surface area contributed by atoms with E-state index in [1.165, 1.54) is 5.69 Å². The van der Waals surface area contributed by atoms with Gasteiger partial charge in [0.25, 0.3) is 0 Å². The van der Waals surface area contributed by atoms with Crippen LogP contribution in [0.2, 0.25) is 0 Å². The maximum absolute atomic E-state index is 11.8. The van der Waals surface area contributed by atoms with Crippen LogP contribution in [0.1, 0.15) is 47.6 Å². The second kappa shape index (κ2) is 11.2. The average Bonchev–Trinajstić information content (AvgIpc) is 3.27. The minimum absolute atomic E-state index is 0.443. The number of rotatable bonds is 9. The van der Waals surface area contributed by atoms with E-state index in [0.29, 0.717) is 30.7 Å². The van der Waals surface area contributed by atoms with Crippen LogP contribution in [0.3, 0.4) is 0 Å². The van der Waals surface area contributed by atoms with E-state index in [9.17, 15) is 9.70 Å². The number of allylic oxidation sites excluding steroid dienone is 2. The van der Waals surface area contributed by atoms with Crippen molar-refractivity contribution in [3.8, 4) is 5.82 Å². The fraction of sp³-hybridized carbons (Fsp3) is 0.385. The zero-order valence-corrected chi connectivity index (χ0v) is 22.5. The summed E-state index contributed by atoms with van der Waals surface area (Å²) in [6.45, 7) is 8.65. The molecule has 3 heterocycles. The molecule has 1 aliphatic rings. The lowest BCUT2D eigenvalue weighted by molar-refractivity contribution is -0.122. The second-order valence-electron chi connectivity index (χ2n) is 9.04. The predicted molar refractivity (Wildman–Crippen MR) is 144 cm³/mol. The summed E-state index contributed by atoms with van der Waals surface area (Å²) in [5.41, 5.74) is 7.23. The van der Waals surface area contributed by atoms with Crippen LogP contribution in [0.5, 0.6) is 0 Å². The van der Waals surface area contributed by atoms with Crippen molar-refractivity contribution in [2.75, 3.05) is 11.9 Å². The zero-order valence-electron chi connectivity index (χ0n) is 21.7. The Kier molecular flexibility index (Phi) is 7.99. The third-order valence-corrected chi connectivity index (χ3v) is 7.20. The molecule has 4 rings (SSSR count). The van der Waals surface area contributed by atoms with Crippen LogP contribution >= 0.6 is 11.6 Å². The van der Waals surface area contributed by atoms with Gasteiger partial charge in [0, 0.05) is 77.7 Å². The van der Waals surface area contributed by atoms with Gasteiger partial charge in [-0.3, -0.25) is 9.69 Å². The van der Waals surface area contributed by atoms with E-state index in [0.717, 1.165) is 40.2 Å². The van der Waals surface area contributed by atoms with Crippen molar-refractivity contribution >= 4 is 29.5 Å². The summed E-state index contributed by atoms with van der Waals surface area (Å²) in [7, 11) is 2.06. The number of aromatic nitrogens is 5. The molecule has 0 fully saturated rings. The van der Waals surface area contributed by atoms with Crippen molar-refractivity contribution in [2.45, 2.75) is 52.6 Å². The number of amides is 1. The number of hydrogen-bond acceptors (Lipinski definition) is 7. The maximum Gasteiger partial charge on any atom is 0.303 e. The molecule has 11 heteroatoms. The SMILES string of the molecule is CCN(Cc1cn(-c2ccnc(NC3=Cc4c(CCl)c(C)n(C)c4CC=C3)n2)nc1C)C(C)C(=O)N=O. The van der Waals surface area contributed by atoms with E-state index in [-0.39, 0.29) is 0 Å². The molecule has 3 aromatic heterocycles. The van der Waals surface area contributed by atoms with Gasteiger partial charge >= 0.3 is 5.91 Å². The first-order chi connectivity index (χ1) is 17.8. The summed E-state index contributed by atoms with van der Waals surface area (Å²) in [5.74, 6) is 0.804. The minimum Gasteiger partial charge on any atom is -0.351 e. The highest BCUT2D eigenvalue weighted by Gasteiger charge is 2.22. The summed E-state index contributed by atoms with van der Waals surface area (Å²) in [6.07, 6.45) is 10.6. The van der Waals surface area contributed by atoms with Crippen LogP contribution < -0.4 is 5.32 Å². The lowest BCUT2D eigenvalue weighted by Gasteiger charge is -2.24. The van der Waals surface area contributed by atoms with Crippen molar-refractivity contribution < 1.29 is 4.79 Å². The average molecular weight is 523 g/mol. The van der Waals surface area contributed by atoms with Gasteiger partial charge < -0.3 is 9.88 Å². The number of likely N-dealkylation sites (N-methyl/N-ethyl adjacent to an activating group) is 1. The first-order valence-corrected chi connectivity index (χ1v) is 12.7. The van der Waals surface area contributed by atoms with E-state index in [1.54, 1.807) is 23.9 Å². The minimum atomic E-state index is -0.684. The molecule has 3 aromatic rings. The van der Waals surface area contributed by atoms with Crippen LogP contribution in [0.4, 0.5) is 5.95 Å². The molecule has 194 valence electrons. The third-order valence-electron chi connectivity index (χ3n) is 6.93. The number of anilines is 1. The topological polar surface area (TPSA) is 110 Å². The molecule has 0 aliphatic heterocycles. The Balaban J connectivity index is 1.57.